The molecule has 4 rings (SSSR count). The Morgan fingerprint density at radius 2 is 1.90 bits per heavy atom. The van der Waals surface area contributed by atoms with Gasteiger partial charge >= 0.3 is 0 Å². The smallest absolute Gasteiger partial charge is 0.250 e. The van der Waals surface area contributed by atoms with Crippen LogP contribution in [0.4, 0.5) is 5.69 Å². The summed E-state index contributed by atoms with van der Waals surface area (Å²) in [7, 11) is 3.13. The third kappa shape index (κ3) is 3.44. The SMILES string of the molecule is COc1ccc(C=CC(=O)N2C[C@@H]3C[C@H]2C(=O)N3c2ccccc2Cl)cc1OC. The van der Waals surface area contributed by atoms with Crippen LogP contribution in [0.15, 0.2) is 48.5 Å². The normalized spacial score (nSPS) is 20.6. The molecule has 2 bridgehead atoms. The zero-order valence-corrected chi connectivity index (χ0v) is 16.9. The summed E-state index contributed by atoms with van der Waals surface area (Å²) < 4.78 is 10.5. The summed E-state index contributed by atoms with van der Waals surface area (Å²) in [6.07, 6.45) is 3.83. The van der Waals surface area contributed by atoms with Crippen molar-refractivity contribution < 1.29 is 19.1 Å². The van der Waals surface area contributed by atoms with Crippen molar-refractivity contribution in [2.45, 2.75) is 18.5 Å². The third-order valence-electron chi connectivity index (χ3n) is 5.39. The number of methoxy groups -OCH3 is 2. The highest BCUT2D eigenvalue weighted by Gasteiger charge is 2.51. The Kier molecular flexibility index (Phi) is 5.20. The van der Waals surface area contributed by atoms with E-state index in [1.54, 1.807) is 48.3 Å². The molecule has 0 saturated carbocycles. The van der Waals surface area contributed by atoms with Gasteiger partial charge in [-0.05, 0) is 42.3 Å². The number of halogens is 1. The number of likely N-dealkylation sites (tertiary alicyclic amines) is 1. The second-order valence-electron chi connectivity index (χ2n) is 7.00. The van der Waals surface area contributed by atoms with Crippen molar-refractivity contribution in [1.29, 1.82) is 0 Å². The molecule has 0 N–H and O–H groups in total. The van der Waals surface area contributed by atoms with E-state index < -0.39 is 6.04 Å². The highest BCUT2D eigenvalue weighted by atomic mass is 35.5. The molecule has 6 nitrogen and oxygen atoms in total. The Morgan fingerprint density at radius 3 is 2.59 bits per heavy atom. The van der Waals surface area contributed by atoms with Crippen LogP contribution >= 0.6 is 11.6 Å². The summed E-state index contributed by atoms with van der Waals surface area (Å²) in [5.74, 6) is 0.952. The van der Waals surface area contributed by atoms with Gasteiger partial charge in [0.25, 0.3) is 0 Å². The van der Waals surface area contributed by atoms with E-state index in [0.717, 1.165) is 5.56 Å². The van der Waals surface area contributed by atoms with Crippen LogP contribution in [0.1, 0.15) is 12.0 Å². The summed E-state index contributed by atoms with van der Waals surface area (Å²) in [6.45, 7) is 0.497. The maximum atomic E-state index is 12.9. The Morgan fingerprint density at radius 1 is 1.14 bits per heavy atom. The van der Waals surface area contributed by atoms with Crippen LogP contribution in [0.2, 0.25) is 5.02 Å². The molecule has 2 saturated heterocycles. The Bertz CT molecular complexity index is 991. The largest absolute Gasteiger partial charge is 0.493 e. The van der Waals surface area contributed by atoms with Crippen LogP contribution < -0.4 is 14.4 Å². The summed E-state index contributed by atoms with van der Waals surface area (Å²) >= 11 is 6.26. The first-order valence-corrected chi connectivity index (χ1v) is 9.69. The first kappa shape index (κ1) is 19.3. The Balaban J connectivity index is 1.48. The molecule has 2 aliphatic heterocycles. The highest BCUT2D eigenvalue weighted by Crippen LogP contribution is 2.38. The number of anilines is 1. The predicted molar refractivity (Wildman–Crippen MR) is 111 cm³/mol. The molecule has 7 heteroatoms. The number of amides is 2. The lowest BCUT2D eigenvalue weighted by Gasteiger charge is -2.33. The minimum absolute atomic E-state index is 0.0502. The number of carbonyl (C=O) groups excluding carboxylic acids is 2. The quantitative estimate of drug-likeness (QED) is 0.706. The molecule has 0 radical (unpaired) electrons. The second-order valence-corrected chi connectivity index (χ2v) is 7.41. The summed E-state index contributed by atoms with van der Waals surface area (Å²) in [4.78, 5) is 29.0. The molecule has 150 valence electrons. The fraction of sp³-hybridized carbons (Fsp3) is 0.273. The van der Waals surface area contributed by atoms with Crippen LogP contribution in [0.3, 0.4) is 0 Å². The van der Waals surface area contributed by atoms with Gasteiger partial charge in [0.1, 0.15) is 6.04 Å². The molecule has 2 aromatic carbocycles. The molecule has 2 aliphatic rings. The fourth-order valence-electron chi connectivity index (χ4n) is 4.00. The topological polar surface area (TPSA) is 59.1 Å². The highest BCUT2D eigenvalue weighted by molar-refractivity contribution is 6.34. The standard InChI is InChI=1S/C22H21ClN2O4/c1-28-19-9-7-14(11-20(19)29-2)8-10-21(26)24-13-15-12-18(24)22(27)25(15)17-6-4-3-5-16(17)23/h3-11,15,18H,12-13H2,1-2H3/t15-,18-/m0/s1. The molecular formula is C22H21ClN2O4. The zero-order chi connectivity index (χ0) is 20.5. The second kappa shape index (κ2) is 7.79. The van der Waals surface area contributed by atoms with Crippen LogP contribution in [-0.2, 0) is 9.59 Å². The van der Waals surface area contributed by atoms with E-state index in [1.807, 2.05) is 24.3 Å². The summed E-state index contributed by atoms with van der Waals surface area (Å²) in [6, 6.07) is 12.2. The van der Waals surface area contributed by atoms with Gasteiger partial charge in [0.2, 0.25) is 11.8 Å². The van der Waals surface area contributed by atoms with Gasteiger partial charge in [-0.1, -0.05) is 29.8 Å². The molecule has 2 atom stereocenters. The van der Waals surface area contributed by atoms with E-state index in [0.29, 0.717) is 35.2 Å². The van der Waals surface area contributed by atoms with Crippen molar-refractivity contribution in [3.05, 3.63) is 59.1 Å². The Labute approximate surface area is 174 Å². The molecular weight excluding hydrogens is 392 g/mol. The Hall–Kier alpha value is -2.99. The van der Waals surface area contributed by atoms with Gasteiger partial charge in [-0.15, -0.1) is 0 Å². The van der Waals surface area contributed by atoms with Crippen molar-refractivity contribution in [3.8, 4) is 11.5 Å². The number of rotatable bonds is 5. The average Bonchev–Trinajstić information content (AvgIpc) is 3.30. The first-order chi connectivity index (χ1) is 14.0. The zero-order valence-electron chi connectivity index (χ0n) is 16.2. The van der Waals surface area contributed by atoms with Crippen LogP contribution in [-0.4, -0.2) is 49.6 Å². The van der Waals surface area contributed by atoms with Gasteiger partial charge < -0.3 is 19.3 Å². The van der Waals surface area contributed by atoms with Gasteiger partial charge in [-0.25, -0.2) is 0 Å². The maximum Gasteiger partial charge on any atom is 0.250 e. The number of hydrogen-bond acceptors (Lipinski definition) is 4. The van der Waals surface area contributed by atoms with Gasteiger partial charge in [0.05, 0.1) is 31.0 Å². The minimum atomic E-state index is -0.446. The van der Waals surface area contributed by atoms with Crippen molar-refractivity contribution in [3.63, 3.8) is 0 Å². The molecule has 2 fully saturated rings. The van der Waals surface area contributed by atoms with Crippen LogP contribution in [0.25, 0.3) is 6.08 Å². The van der Waals surface area contributed by atoms with E-state index >= 15 is 0 Å². The molecule has 0 unspecified atom stereocenters. The van der Waals surface area contributed by atoms with Crippen LogP contribution in [0, 0.1) is 0 Å². The van der Waals surface area contributed by atoms with E-state index in [4.69, 9.17) is 21.1 Å². The van der Waals surface area contributed by atoms with E-state index in [-0.39, 0.29) is 17.9 Å². The first-order valence-electron chi connectivity index (χ1n) is 9.31. The van der Waals surface area contributed by atoms with Crippen molar-refractivity contribution in [1.82, 2.24) is 4.90 Å². The molecule has 0 spiro atoms. The summed E-state index contributed by atoms with van der Waals surface area (Å²) in [5.41, 5.74) is 1.52. The van der Waals surface area contributed by atoms with Gasteiger partial charge in [0, 0.05) is 12.6 Å². The number of para-hydroxylation sites is 1. The van der Waals surface area contributed by atoms with Crippen molar-refractivity contribution >= 4 is 35.2 Å². The number of fused-ring (bicyclic) bond motifs is 2. The lowest BCUT2D eigenvalue weighted by Crippen LogP contribution is -2.52. The fourth-order valence-corrected chi connectivity index (χ4v) is 4.23. The predicted octanol–water partition coefficient (Wildman–Crippen LogP) is 3.39. The number of nitrogens with zero attached hydrogens (tertiary/aromatic N) is 2. The van der Waals surface area contributed by atoms with E-state index in [2.05, 4.69) is 0 Å². The number of ether oxygens (including phenoxy) is 2. The van der Waals surface area contributed by atoms with Gasteiger partial charge in [-0.2, -0.15) is 0 Å². The van der Waals surface area contributed by atoms with Crippen molar-refractivity contribution in [2.75, 3.05) is 25.7 Å². The number of benzene rings is 2. The van der Waals surface area contributed by atoms with Crippen molar-refractivity contribution in [2.24, 2.45) is 0 Å². The van der Waals surface area contributed by atoms with E-state index in [9.17, 15) is 9.59 Å². The van der Waals surface area contributed by atoms with Crippen LogP contribution in [0.5, 0.6) is 11.5 Å². The van der Waals surface area contributed by atoms with Gasteiger partial charge in [-0.3, -0.25) is 9.59 Å². The summed E-state index contributed by atoms with van der Waals surface area (Å²) in [5, 5.41) is 0.541. The number of hydrogen-bond donors (Lipinski definition) is 0. The number of carbonyl (C=O) groups is 2. The molecule has 0 aliphatic carbocycles. The third-order valence-corrected chi connectivity index (χ3v) is 5.71. The average molecular weight is 413 g/mol. The molecule has 29 heavy (non-hydrogen) atoms. The van der Waals surface area contributed by atoms with E-state index in [1.165, 1.54) is 6.08 Å². The minimum Gasteiger partial charge on any atom is -0.493 e. The monoisotopic (exact) mass is 412 g/mol. The molecule has 2 heterocycles. The molecule has 2 aromatic rings. The lowest BCUT2D eigenvalue weighted by molar-refractivity contribution is -0.134. The lowest BCUT2D eigenvalue weighted by atomic mass is 10.1. The maximum absolute atomic E-state index is 12.9. The van der Waals surface area contributed by atoms with Gasteiger partial charge in [0.15, 0.2) is 11.5 Å². The number of piperazine rings is 1. The molecule has 2 amide bonds. The molecule has 0 aromatic heterocycles.